The van der Waals surface area contributed by atoms with Crippen LogP contribution in [0.5, 0.6) is 0 Å². The summed E-state index contributed by atoms with van der Waals surface area (Å²) in [6.07, 6.45) is 13.5. The molecule has 3 rings (SSSR count). The van der Waals surface area contributed by atoms with Crippen molar-refractivity contribution in [3.8, 4) is 0 Å². The van der Waals surface area contributed by atoms with E-state index in [2.05, 4.69) is 6.92 Å². The third-order valence-electron chi connectivity index (χ3n) is 6.46. The van der Waals surface area contributed by atoms with E-state index in [1.54, 1.807) is 0 Å². The van der Waals surface area contributed by atoms with Crippen LogP contribution < -0.4 is 0 Å². The number of hydrogen-bond donors (Lipinski definition) is 0. The van der Waals surface area contributed by atoms with E-state index in [1.807, 2.05) is 0 Å². The van der Waals surface area contributed by atoms with Crippen LogP contribution in [-0.2, 0) is 4.74 Å². The standard InChI is InChI=1S/C16H29FO.C7H5F3/c1-13-2-4-14(5-3-13)6-7-15-8-10-16(11-9-15)18-12-17;1-4-6(9)2-5(8)3-7(4)10/h13-16H,2-12H2,1H3;2-3H,1H3. The minimum Gasteiger partial charge on any atom is -0.347 e. The molecule has 2 aliphatic carbocycles. The van der Waals surface area contributed by atoms with Crippen LogP contribution in [-0.4, -0.2) is 13.0 Å². The van der Waals surface area contributed by atoms with E-state index in [1.165, 1.54) is 58.3 Å². The Bertz CT molecular complexity index is 553. The van der Waals surface area contributed by atoms with Gasteiger partial charge in [-0.05, 0) is 50.4 Å². The first-order valence-corrected chi connectivity index (χ1v) is 10.7. The van der Waals surface area contributed by atoms with Crippen LogP contribution in [0.15, 0.2) is 12.1 Å². The van der Waals surface area contributed by atoms with Crippen molar-refractivity contribution in [1.29, 1.82) is 0 Å². The molecule has 0 amide bonds. The predicted octanol–water partition coefficient (Wildman–Crippen LogP) is 7.51. The third kappa shape index (κ3) is 7.73. The summed E-state index contributed by atoms with van der Waals surface area (Å²) >= 11 is 0. The molecule has 2 saturated carbocycles. The number of rotatable bonds is 5. The van der Waals surface area contributed by atoms with Crippen LogP contribution in [0.4, 0.5) is 17.6 Å². The zero-order chi connectivity index (χ0) is 20.5. The van der Waals surface area contributed by atoms with Crippen LogP contribution in [0.25, 0.3) is 0 Å². The summed E-state index contributed by atoms with van der Waals surface area (Å²) in [7, 11) is 0. The minimum absolute atomic E-state index is 0.151. The fourth-order valence-corrected chi connectivity index (χ4v) is 4.38. The number of alkyl halides is 1. The van der Waals surface area contributed by atoms with Gasteiger partial charge in [0.05, 0.1) is 6.10 Å². The molecule has 5 heteroatoms. The molecule has 160 valence electrons. The van der Waals surface area contributed by atoms with Crippen molar-refractivity contribution in [2.24, 2.45) is 17.8 Å². The summed E-state index contributed by atoms with van der Waals surface area (Å²) in [5.41, 5.74) is -0.151. The quantitative estimate of drug-likeness (QED) is 0.463. The summed E-state index contributed by atoms with van der Waals surface area (Å²) < 4.78 is 54.0. The molecule has 28 heavy (non-hydrogen) atoms. The summed E-state index contributed by atoms with van der Waals surface area (Å²) in [6.45, 7) is 3.04. The van der Waals surface area contributed by atoms with Gasteiger partial charge in [-0.3, -0.25) is 0 Å². The van der Waals surface area contributed by atoms with Gasteiger partial charge in [-0.2, -0.15) is 0 Å². The van der Waals surface area contributed by atoms with Gasteiger partial charge in [0.2, 0.25) is 0 Å². The van der Waals surface area contributed by atoms with Gasteiger partial charge < -0.3 is 4.74 Å². The average molecular weight is 403 g/mol. The lowest BCUT2D eigenvalue weighted by Crippen LogP contribution is -2.22. The maximum Gasteiger partial charge on any atom is 0.188 e. The van der Waals surface area contributed by atoms with E-state index in [0.717, 1.165) is 30.6 Å². The molecule has 0 heterocycles. The average Bonchev–Trinajstić information content (AvgIpc) is 2.67. The smallest absolute Gasteiger partial charge is 0.188 e. The van der Waals surface area contributed by atoms with Gasteiger partial charge in [-0.25, -0.2) is 17.6 Å². The largest absolute Gasteiger partial charge is 0.347 e. The van der Waals surface area contributed by atoms with E-state index < -0.39 is 24.3 Å². The highest BCUT2D eigenvalue weighted by Gasteiger charge is 2.24. The summed E-state index contributed by atoms with van der Waals surface area (Å²) in [5.74, 6) is 0.273. The summed E-state index contributed by atoms with van der Waals surface area (Å²) in [5, 5.41) is 0. The molecule has 1 aromatic carbocycles. The van der Waals surface area contributed by atoms with E-state index in [0.29, 0.717) is 12.1 Å². The van der Waals surface area contributed by atoms with Crippen molar-refractivity contribution in [1.82, 2.24) is 0 Å². The van der Waals surface area contributed by atoms with E-state index in [-0.39, 0.29) is 11.7 Å². The van der Waals surface area contributed by atoms with E-state index >= 15 is 0 Å². The Kier molecular flexibility index (Phi) is 9.76. The van der Waals surface area contributed by atoms with Crippen LogP contribution in [0.1, 0.15) is 76.7 Å². The van der Waals surface area contributed by atoms with Gasteiger partial charge in [0.25, 0.3) is 0 Å². The van der Waals surface area contributed by atoms with Crippen molar-refractivity contribution in [3.05, 3.63) is 35.1 Å². The number of halogens is 4. The SMILES string of the molecule is CC1CCC(CCC2CCC(OCF)CC2)CC1.Cc1c(F)cc(F)cc1F. The van der Waals surface area contributed by atoms with Crippen molar-refractivity contribution >= 4 is 0 Å². The summed E-state index contributed by atoms with van der Waals surface area (Å²) in [6, 6.07) is 1.30. The number of benzene rings is 1. The first kappa shape index (κ1) is 23.2. The van der Waals surface area contributed by atoms with Gasteiger partial charge in [0.15, 0.2) is 6.86 Å². The zero-order valence-electron chi connectivity index (χ0n) is 17.2. The Morgan fingerprint density at radius 3 is 1.75 bits per heavy atom. The number of hydrogen-bond acceptors (Lipinski definition) is 1. The van der Waals surface area contributed by atoms with E-state index in [9.17, 15) is 17.6 Å². The second-order valence-corrected chi connectivity index (χ2v) is 8.62. The molecule has 0 atom stereocenters. The van der Waals surface area contributed by atoms with Gasteiger partial charge in [-0.15, -0.1) is 0 Å². The van der Waals surface area contributed by atoms with Crippen molar-refractivity contribution in [3.63, 3.8) is 0 Å². The first-order valence-electron chi connectivity index (χ1n) is 10.7. The Morgan fingerprint density at radius 2 is 1.29 bits per heavy atom. The van der Waals surface area contributed by atoms with Crippen LogP contribution in [0.2, 0.25) is 0 Å². The molecule has 0 N–H and O–H groups in total. The lowest BCUT2D eigenvalue weighted by Gasteiger charge is -2.30. The van der Waals surface area contributed by atoms with Gasteiger partial charge >= 0.3 is 0 Å². The molecule has 1 aromatic rings. The van der Waals surface area contributed by atoms with Gasteiger partial charge in [-0.1, -0.05) is 45.4 Å². The Morgan fingerprint density at radius 1 is 0.821 bits per heavy atom. The molecule has 0 aromatic heterocycles. The van der Waals surface area contributed by atoms with Gasteiger partial charge in [0.1, 0.15) is 17.5 Å². The molecule has 0 spiro atoms. The van der Waals surface area contributed by atoms with Crippen molar-refractivity contribution < 1.29 is 22.3 Å². The maximum atomic E-state index is 12.4. The molecule has 0 radical (unpaired) electrons. The molecule has 0 unspecified atom stereocenters. The Balaban J connectivity index is 0.000000237. The zero-order valence-corrected chi connectivity index (χ0v) is 17.2. The topological polar surface area (TPSA) is 9.23 Å². The van der Waals surface area contributed by atoms with Crippen LogP contribution in [0.3, 0.4) is 0 Å². The second kappa shape index (κ2) is 11.8. The predicted molar refractivity (Wildman–Crippen MR) is 104 cm³/mol. The highest BCUT2D eigenvalue weighted by atomic mass is 19.1. The Labute approximate surface area is 166 Å². The molecule has 1 nitrogen and oxygen atoms in total. The third-order valence-corrected chi connectivity index (χ3v) is 6.46. The molecule has 0 aliphatic heterocycles. The first-order chi connectivity index (χ1) is 13.4. The molecule has 0 bridgehead atoms. The normalized spacial score (nSPS) is 27.8. The highest BCUT2D eigenvalue weighted by Crippen LogP contribution is 2.35. The van der Waals surface area contributed by atoms with Crippen molar-refractivity contribution in [2.75, 3.05) is 6.86 Å². The monoisotopic (exact) mass is 402 g/mol. The van der Waals surface area contributed by atoms with Crippen LogP contribution >= 0.6 is 0 Å². The lowest BCUT2D eigenvalue weighted by atomic mass is 9.77. The van der Waals surface area contributed by atoms with E-state index in [4.69, 9.17) is 4.74 Å². The highest BCUT2D eigenvalue weighted by molar-refractivity contribution is 5.18. The van der Waals surface area contributed by atoms with Crippen molar-refractivity contribution in [2.45, 2.75) is 84.2 Å². The van der Waals surface area contributed by atoms with Crippen LogP contribution in [0, 0.1) is 42.1 Å². The molecular formula is C23H34F4O. The molecule has 0 saturated heterocycles. The van der Waals surface area contributed by atoms with Gasteiger partial charge in [0, 0.05) is 17.7 Å². The summed E-state index contributed by atoms with van der Waals surface area (Å²) in [4.78, 5) is 0. The maximum absolute atomic E-state index is 12.4. The minimum atomic E-state index is -0.888. The lowest BCUT2D eigenvalue weighted by molar-refractivity contribution is -0.0294. The fraction of sp³-hybridized carbons (Fsp3) is 0.739. The molecule has 2 fully saturated rings. The Hall–Kier alpha value is -1.10. The second-order valence-electron chi connectivity index (χ2n) is 8.62. The molecular weight excluding hydrogens is 368 g/mol. The number of ether oxygens (including phenoxy) is 1. The fourth-order valence-electron chi connectivity index (χ4n) is 4.38. The molecule has 2 aliphatic rings.